The van der Waals surface area contributed by atoms with Gasteiger partial charge in [0.05, 0.1) is 5.69 Å². The number of nitrogen functional groups attached to an aromatic ring is 1. The Balaban J connectivity index is 1.53. The van der Waals surface area contributed by atoms with Crippen molar-refractivity contribution >= 4 is 17.2 Å². The fourth-order valence-electron chi connectivity index (χ4n) is 4.57. The van der Waals surface area contributed by atoms with E-state index in [1.165, 1.54) is 0 Å². The second kappa shape index (κ2) is 4.80. The largest absolute Gasteiger partial charge is 0.384 e. The van der Waals surface area contributed by atoms with Crippen LogP contribution in [0.3, 0.4) is 0 Å². The van der Waals surface area contributed by atoms with E-state index < -0.39 is 5.60 Å². The predicted molar refractivity (Wildman–Crippen MR) is 86.6 cm³/mol. The van der Waals surface area contributed by atoms with Gasteiger partial charge in [0.2, 0.25) is 0 Å². The fraction of sp³-hybridized carbons (Fsp3) is 0.625. The van der Waals surface area contributed by atoms with E-state index in [0.29, 0.717) is 17.8 Å². The Kier molecular flexibility index (Phi) is 3.10. The molecule has 6 heteroatoms. The van der Waals surface area contributed by atoms with Gasteiger partial charge in [-0.25, -0.2) is 4.98 Å². The highest BCUT2D eigenvalue weighted by Crippen LogP contribution is 2.57. The minimum atomic E-state index is -0.702. The molecule has 2 aromatic heterocycles. The molecule has 2 heterocycles. The van der Waals surface area contributed by atoms with Crippen LogP contribution in [0.5, 0.6) is 0 Å². The van der Waals surface area contributed by atoms with Gasteiger partial charge in [-0.3, -0.25) is 4.68 Å². The second-order valence-corrected chi connectivity index (χ2v) is 7.88. The molecule has 0 spiro atoms. The quantitative estimate of drug-likeness (QED) is 0.892. The molecule has 2 atom stereocenters. The number of nitrogens with zero attached hydrogens (tertiary/aromatic N) is 3. The zero-order valence-electron chi connectivity index (χ0n) is 13.0. The number of fused-ring (bicyclic) bond motifs is 1. The summed E-state index contributed by atoms with van der Waals surface area (Å²) in [4.78, 5) is 4.34. The summed E-state index contributed by atoms with van der Waals surface area (Å²) in [5.41, 5.74) is 7.63. The van der Waals surface area contributed by atoms with E-state index >= 15 is 0 Å². The van der Waals surface area contributed by atoms with E-state index in [1.54, 1.807) is 22.2 Å². The molecule has 0 saturated heterocycles. The number of aryl methyl sites for hydroxylation is 1. The summed E-state index contributed by atoms with van der Waals surface area (Å²) in [6.45, 7) is 2.07. The van der Waals surface area contributed by atoms with E-state index in [1.807, 2.05) is 12.4 Å². The number of nitrogens with two attached hydrogens (primary N) is 1. The SMILES string of the molecule is Cc1c(C2CC3CC(O)(c4nccs4)CC3C2)nn(C)c1N. The van der Waals surface area contributed by atoms with Crippen LogP contribution in [0, 0.1) is 18.8 Å². The van der Waals surface area contributed by atoms with Gasteiger partial charge in [-0.05, 0) is 44.4 Å². The standard InChI is InChI=1S/C16H22N4OS/c1-9-13(19-20(2)14(9)17)10-5-11-7-16(21,8-12(11)6-10)15-18-3-4-22-15/h3-4,10-12,21H,5-8,17H2,1-2H3. The zero-order valence-corrected chi connectivity index (χ0v) is 13.8. The molecule has 118 valence electrons. The maximum Gasteiger partial charge on any atom is 0.124 e. The highest BCUT2D eigenvalue weighted by Gasteiger charge is 2.51. The maximum absolute atomic E-state index is 10.9. The molecule has 0 bridgehead atoms. The van der Waals surface area contributed by atoms with Crippen molar-refractivity contribution in [2.75, 3.05) is 5.73 Å². The number of aliphatic hydroxyl groups is 1. The van der Waals surface area contributed by atoms with Crippen molar-refractivity contribution in [1.29, 1.82) is 0 Å². The van der Waals surface area contributed by atoms with E-state index in [2.05, 4.69) is 17.0 Å². The Hall–Kier alpha value is -1.40. The second-order valence-electron chi connectivity index (χ2n) is 6.98. The van der Waals surface area contributed by atoms with Crippen LogP contribution in [0.1, 0.15) is 47.9 Å². The van der Waals surface area contributed by atoms with Gasteiger partial charge in [0, 0.05) is 30.1 Å². The number of rotatable bonds is 2. The highest BCUT2D eigenvalue weighted by atomic mass is 32.1. The molecule has 0 radical (unpaired) electrons. The molecule has 0 amide bonds. The molecular weight excluding hydrogens is 296 g/mol. The van der Waals surface area contributed by atoms with Crippen molar-refractivity contribution in [3.05, 3.63) is 27.8 Å². The number of aromatic nitrogens is 3. The first-order valence-electron chi connectivity index (χ1n) is 7.89. The molecule has 2 aliphatic carbocycles. The van der Waals surface area contributed by atoms with Crippen LogP contribution >= 0.6 is 11.3 Å². The normalized spacial score (nSPS) is 34.2. The Morgan fingerprint density at radius 3 is 2.55 bits per heavy atom. The van der Waals surface area contributed by atoms with E-state index in [9.17, 15) is 5.11 Å². The van der Waals surface area contributed by atoms with Crippen LogP contribution in [0.4, 0.5) is 5.82 Å². The third kappa shape index (κ3) is 2.01. The summed E-state index contributed by atoms with van der Waals surface area (Å²) < 4.78 is 1.78. The van der Waals surface area contributed by atoms with E-state index in [0.717, 1.165) is 47.8 Å². The van der Waals surface area contributed by atoms with Gasteiger partial charge in [0.15, 0.2) is 0 Å². The molecule has 2 unspecified atom stereocenters. The molecule has 2 fully saturated rings. The monoisotopic (exact) mass is 318 g/mol. The molecular formula is C16H22N4OS. The van der Waals surface area contributed by atoms with Gasteiger partial charge in [-0.15, -0.1) is 11.3 Å². The van der Waals surface area contributed by atoms with Crippen molar-refractivity contribution in [3.8, 4) is 0 Å². The first-order chi connectivity index (χ1) is 10.5. The Labute approximate surface area is 134 Å². The van der Waals surface area contributed by atoms with Crippen molar-refractivity contribution < 1.29 is 5.11 Å². The van der Waals surface area contributed by atoms with Crippen molar-refractivity contribution in [1.82, 2.24) is 14.8 Å². The van der Waals surface area contributed by atoms with Crippen LogP contribution in [0.15, 0.2) is 11.6 Å². The smallest absolute Gasteiger partial charge is 0.124 e. The van der Waals surface area contributed by atoms with Crippen molar-refractivity contribution in [3.63, 3.8) is 0 Å². The Bertz CT molecular complexity index is 679. The molecule has 3 N–H and O–H groups in total. The van der Waals surface area contributed by atoms with Gasteiger partial charge < -0.3 is 10.8 Å². The molecule has 4 rings (SSSR count). The maximum atomic E-state index is 10.9. The lowest BCUT2D eigenvalue weighted by Crippen LogP contribution is -2.22. The van der Waals surface area contributed by atoms with Crippen molar-refractivity contribution in [2.45, 2.75) is 44.1 Å². The van der Waals surface area contributed by atoms with Crippen LogP contribution in [0.2, 0.25) is 0 Å². The summed E-state index contributed by atoms with van der Waals surface area (Å²) in [6.07, 6.45) is 5.67. The van der Waals surface area contributed by atoms with Gasteiger partial charge >= 0.3 is 0 Å². The molecule has 2 saturated carbocycles. The topological polar surface area (TPSA) is 77.0 Å². The lowest BCUT2D eigenvalue weighted by atomic mass is 9.92. The zero-order chi connectivity index (χ0) is 15.5. The van der Waals surface area contributed by atoms with Crippen molar-refractivity contribution in [2.24, 2.45) is 18.9 Å². The van der Waals surface area contributed by atoms with Crippen LogP contribution in [-0.2, 0) is 12.6 Å². The lowest BCUT2D eigenvalue weighted by molar-refractivity contribution is 0.0342. The third-order valence-electron chi connectivity index (χ3n) is 5.63. The lowest BCUT2D eigenvalue weighted by Gasteiger charge is -2.22. The summed E-state index contributed by atoms with van der Waals surface area (Å²) in [5.74, 6) is 2.40. The average Bonchev–Trinajstić information content (AvgIpc) is 3.20. The fourth-order valence-corrected chi connectivity index (χ4v) is 5.32. The summed E-state index contributed by atoms with van der Waals surface area (Å²) in [5, 5.41) is 18.4. The molecule has 5 nitrogen and oxygen atoms in total. The minimum absolute atomic E-state index is 0.486. The summed E-state index contributed by atoms with van der Waals surface area (Å²) in [7, 11) is 1.91. The molecule has 0 aliphatic heterocycles. The predicted octanol–water partition coefficient (Wildman–Crippen LogP) is 2.56. The van der Waals surface area contributed by atoms with Crippen LogP contribution in [0.25, 0.3) is 0 Å². The van der Waals surface area contributed by atoms with Gasteiger partial charge in [0.1, 0.15) is 16.4 Å². The average molecular weight is 318 g/mol. The number of thiazole rings is 1. The highest BCUT2D eigenvalue weighted by molar-refractivity contribution is 7.09. The molecule has 0 aromatic carbocycles. The van der Waals surface area contributed by atoms with Gasteiger partial charge in [-0.1, -0.05) is 0 Å². The number of hydrogen-bond donors (Lipinski definition) is 2. The number of hydrogen-bond acceptors (Lipinski definition) is 5. The third-order valence-corrected chi connectivity index (χ3v) is 6.60. The first kappa shape index (κ1) is 14.2. The minimum Gasteiger partial charge on any atom is -0.384 e. The summed E-state index contributed by atoms with van der Waals surface area (Å²) >= 11 is 1.57. The van der Waals surface area contributed by atoms with Crippen LogP contribution < -0.4 is 5.73 Å². The van der Waals surface area contributed by atoms with Crippen LogP contribution in [-0.4, -0.2) is 19.9 Å². The molecule has 2 aliphatic rings. The number of anilines is 1. The molecule has 22 heavy (non-hydrogen) atoms. The molecule has 2 aromatic rings. The Morgan fingerprint density at radius 2 is 2.05 bits per heavy atom. The summed E-state index contributed by atoms with van der Waals surface area (Å²) in [6, 6.07) is 0. The van der Waals surface area contributed by atoms with Gasteiger partial charge in [-0.2, -0.15) is 5.10 Å². The van der Waals surface area contributed by atoms with Gasteiger partial charge in [0.25, 0.3) is 0 Å². The van der Waals surface area contributed by atoms with E-state index in [4.69, 9.17) is 5.73 Å². The first-order valence-corrected chi connectivity index (χ1v) is 8.77. The Morgan fingerprint density at radius 1 is 1.36 bits per heavy atom. The van der Waals surface area contributed by atoms with E-state index in [-0.39, 0.29) is 0 Å².